The molecule has 234 valence electrons. The van der Waals surface area contributed by atoms with Gasteiger partial charge in [0.2, 0.25) is 0 Å². The molecule has 5 amide bonds. The van der Waals surface area contributed by atoms with Crippen LogP contribution < -0.4 is 20.7 Å². The van der Waals surface area contributed by atoms with E-state index in [4.69, 9.17) is 4.74 Å². The molecule has 0 saturated heterocycles. The molecule has 1 aliphatic heterocycles. The number of rotatable bonds is 7. The first-order chi connectivity index (χ1) is 21.2. The number of nitrogens with one attached hydrogen (secondary N) is 3. The van der Waals surface area contributed by atoms with E-state index in [0.717, 1.165) is 36.5 Å². The van der Waals surface area contributed by atoms with E-state index >= 15 is 0 Å². The molecule has 10 heteroatoms. The van der Waals surface area contributed by atoms with E-state index in [0.29, 0.717) is 30.2 Å². The van der Waals surface area contributed by atoms with Gasteiger partial charge in [0, 0.05) is 36.6 Å². The summed E-state index contributed by atoms with van der Waals surface area (Å²) >= 11 is 0. The standard InChI is InChI=1S/C34H43N5O5/c1-22-19-39(23(2)21-40)32(41)28-18-26(35-33(42)37-29-15-9-11-24-10-7-8-14-27(24)29)16-17-30(28)44-31(22)20-38(3)34(43)36-25-12-5-4-6-13-25/h7-11,14-18,22-23,25,31,40H,4-6,12-13,19-21H2,1-3H3,(H,36,43)(H2,35,37,42)/t22-,23+,31-/m0/s1. The minimum absolute atomic E-state index is 0.129. The summed E-state index contributed by atoms with van der Waals surface area (Å²) in [5.74, 6) is -0.0635. The number of aliphatic hydroxyl groups is 1. The van der Waals surface area contributed by atoms with Crippen molar-refractivity contribution >= 4 is 40.1 Å². The van der Waals surface area contributed by atoms with Gasteiger partial charge in [0.05, 0.1) is 30.4 Å². The zero-order valence-corrected chi connectivity index (χ0v) is 25.7. The molecule has 1 heterocycles. The lowest BCUT2D eigenvalue weighted by Crippen LogP contribution is -2.52. The maximum Gasteiger partial charge on any atom is 0.323 e. The number of carbonyl (C=O) groups is 3. The van der Waals surface area contributed by atoms with Gasteiger partial charge in [-0.3, -0.25) is 4.79 Å². The molecule has 3 aromatic rings. The van der Waals surface area contributed by atoms with E-state index in [-0.39, 0.29) is 36.1 Å². The van der Waals surface area contributed by atoms with Gasteiger partial charge in [-0.25, -0.2) is 9.59 Å². The molecule has 3 aromatic carbocycles. The Morgan fingerprint density at radius 3 is 2.57 bits per heavy atom. The number of benzene rings is 3. The number of urea groups is 2. The first-order valence-corrected chi connectivity index (χ1v) is 15.5. The minimum Gasteiger partial charge on any atom is -0.487 e. The summed E-state index contributed by atoms with van der Waals surface area (Å²) in [4.78, 5) is 43.1. The first-order valence-electron chi connectivity index (χ1n) is 15.5. The number of amides is 5. The molecule has 1 fully saturated rings. The van der Waals surface area contributed by atoms with Crippen molar-refractivity contribution in [1.29, 1.82) is 0 Å². The third-order valence-electron chi connectivity index (χ3n) is 8.69. The summed E-state index contributed by atoms with van der Waals surface area (Å²) in [7, 11) is 1.76. The molecular formula is C34H43N5O5. The van der Waals surface area contributed by atoms with Crippen LogP contribution >= 0.6 is 0 Å². The molecule has 0 spiro atoms. The summed E-state index contributed by atoms with van der Waals surface area (Å²) in [6, 6.07) is 17.6. The average Bonchev–Trinajstić information content (AvgIpc) is 3.03. The van der Waals surface area contributed by atoms with Crippen LogP contribution in [0.1, 0.15) is 56.3 Å². The van der Waals surface area contributed by atoms with E-state index in [9.17, 15) is 19.5 Å². The highest BCUT2D eigenvalue weighted by Crippen LogP contribution is 2.31. The summed E-state index contributed by atoms with van der Waals surface area (Å²) in [6.45, 7) is 4.24. The van der Waals surface area contributed by atoms with Crippen molar-refractivity contribution in [2.45, 2.75) is 64.1 Å². The maximum atomic E-state index is 13.8. The van der Waals surface area contributed by atoms with Gasteiger partial charge in [-0.05, 0) is 49.4 Å². The fourth-order valence-electron chi connectivity index (χ4n) is 6.02. The highest BCUT2D eigenvalue weighted by molar-refractivity contribution is 6.07. The Morgan fingerprint density at radius 2 is 1.80 bits per heavy atom. The monoisotopic (exact) mass is 601 g/mol. The summed E-state index contributed by atoms with van der Waals surface area (Å²) in [5, 5.41) is 20.8. The van der Waals surface area contributed by atoms with Crippen LogP contribution in [-0.4, -0.2) is 77.8 Å². The normalized spacial score (nSPS) is 19.6. The number of hydrogen-bond acceptors (Lipinski definition) is 5. The van der Waals surface area contributed by atoms with Crippen LogP contribution in [0.2, 0.25) is 0 Å². The highest BCUT2D eigenvalue weighted by Gasteiger charge is 2.34. The second kappa shape index (κ2) is 14.0. The van der Waals surface area contributed by atoms with Crippen LogP contribution in [0.4, 0.5) is 21.0 Å². The van der Waals surface area contributed by atoms with Gasteiger partial charge >= 0.3 is 12.1 Å². The van der Waals surface area contributed by atoms with Crippen molar-refractivity contribution in [3.63, 3.8) is 0 Å². The topological polar surface area (TPSA) is 123 Å². The molecule has 5 rings (SSSR count). The summed E-state index contributed by atoms with van der Waals surface area (Å²) < 4.78 is 6.44. The van der Waals surface area contributed by atoms with Crippen LogP contribution in [0, 0.1) is 5.92 Å². The van der Waals surface area contributed by atoms with Gasteiger partial charge in [0.1, 0.15) is 11.9 Å². The number of aliphatic hydroxyl groups excluding tert-OH is 1. The summed E-state index contributed by atoms with van der Waals surface area (Å²) in [6.07, 6.45) is 5.05. The van der Waals surface area contributed by atoms with Crippen molar-refractivity contribution in [2.24, 2.45) is 5.92 Å². The van der Waals surface area contributed by atoms with Crippen molar-refractivity contribution < 1.29 is 24.2 Å². The minimum atomic E-state index is -0.446. The quantitative estimate of drug-likeness (QED) is 0.278. The van der Waals surface area contributed by atoms with Crippen LogP contribution in [0.25, 0.3) is 10.8 Å². The molecule has 1 saturated carbocycles. The lowest BCUT2D eigenvalue weighted by molar-refractivity contribution is 0.0366. The molecule has 44 heavy (non-hydrogen) atoms. The molecule has 0 unspecified atom stereocenters. The Hall–Kier alpha value is -4.31. The lowest BCUT2D eigenvalue weighted by atomic mass is 9.96. The first kappa shape index (κ1) is 31.1. The number of nitrogens with zero attached hydrogens (tertiary/aromatic N) is 2. The second-order valence-electron chi connectivity index (χ2n) is 12.1. The molecule has 10 nitrogen and oxygen atoms in total. The fourth-order valence-corrected chi connectivity index (χ4v) is 6.02. The zero-order valence-electron chi connectivity index (χ0n) is 25.7. The van der Waals surface area contributed by atoms with E-state index in [1.807, 2.05) is 49.4 Å². The van der Waals surface area contributed by atoms with Crippen LogP contribution in [0.15, 0.2) is 60.7 Å². The number of anilines is 2. The summed E-state index contributed by atoms with van der Waals surface area (Å²) in [5.41, 5.74) is 1.37. The molecule has 4 N–H and O–H groups in total. The Kier molecular flexibility index (Phi) is 9.89. The van der Waals surface area contributed by atoms with Crippen LogP contribution in [0.3, 0.4) is 0 Å². The molecule has 2 aliphatic rings. The molecule has 1 aliphatic carbocycles. The van der Waals surface area contributed by atoms with E-state index in [1.54, 1.807) is 42.0 Å². The Bertz CT molecular complexity index is 1480. The van der Waals surface area contributed by atoms with Crippen molar-refractivity contribution in [3.05, 3.63) is 66.2 Å². The maximum absolute atomic E-state index is 13.8. The third kappa shape index (κ3) is 7.24. The predicted molar refractivity (Wildman–Crippen MR) is 172 cm³/mol. The van der Waals surface area contributed by atoms with Gasteiger partial charge in [-0.15, -0.1) is 0 Å². The third-order valence-corrected chi connectivity index (χ3v) is 8.69. The van der Waals surface area contributed by atoms with E-state index < -0.39 is 18.2 Å². The van der Waals surface area contributed by atoms with E-state index in [1.165, 1.54) is 6.42 Å². The number of hydrogen-bond donors (Lipinski definition) is 4. The van der Waals surface area contributed by atoms with Crippen molar-refractivity contribution in [1.82, 2.24) is 15.1 Å². The number of ether oxygens (including phenoxy) is 1. The predicted octanol–water partition coefficient (Wildman–Crippen LogP) is 5.68. The second-order valence-corrected chi connectivity index (χ2v) is 12.1. The van der Waals surface area contributed by atoms with Crippen molar-refractivity contribution in [2.75, 3.05) is 37.4 Å². The zero-order chi connectivity index (χ0) is 31.2. The number of carbonyl (C=O) groups excluding carboxylic acids is 3. The van der Waals surface area contributed by atoms with Gasteiger partial charge < -0.3 is 35.6 Å². The van der Waals surface area contributed by atoms with Crippen molar-refractivity contribution in [3.8, 4) is 5.75 Å². The van der Waals surface area contributed by atoms with Gasteiger partial charge in [0.25, 0.3) is 5.91 Å². The average molecular weight is 602 g/mol. The lowest BCUT2D eigenvalue weighted by Gasteiger charge is -2.38. The Balaban J connectivity index is 1.34. The largest absolute Gasteiger partial charge is 0.487 e. The Morgan fingerprint density at radius 1 is 1.05 bits per heavy atom. The van der Waals surface area contributed by atoms with Crippen LogP contribution in [0.5, 0.6) is 5.75 Å². The Labute approximate surface area is 258 Å². The molecular weight excluding hydrogens is 558 g/mol. The highest BCUT2D eigenvalue weighted by atomic mass is 16.5. The molecule has 3 atom stereocenters. The van der Waals surface area contributed by atoms with Gasteiger partial charge in [-0.1, -0.05) is 62.6 Å². The smallest absolute Gasteiger partial charge is 0.323 e. The number of likely N-dealkylation sites (N-methyl/N-ethyl adjacent to an activating group) is 1. The van der Waals surface area contributed by atoms with E-state index in [2.05, 4.69) is 16.0 Å². The SMILES string of the molecule is C[C@H](CO)N1C[C@H](C)[C@H](CN(C)C(=O)NC2CCCCC2)Oc2ccc(NC(=O)Nc3cccc4ccccc34)cc2C1=O. The van der Waals surface area contributed by atoms with Gasteiger partial charge in [-0.2, -0.15) is 0 Å². The number of fused-ring (bicyclic) bond motifs is 2. The fraction of sp³-hybridized carbons (Fsp3) is 0.441. The van der Waals surface area contributed by atoms with Gasteiger partial charge in [0.15, 0.2) is 0 Å². The van der Waals surface area contributed by atoms with Crippen LogP contribution in [-0.2, 0) is 0 Å². The molecule has 0 bridgehead atoms. The molecule has 0 radical (unpaired) electrons. The molecule has 0 aromatic heterocycles.